The van der Waals surface area contributed by atoms with E-state index in [4.69, 9.17) is 4.74 Å². The summed E-state index contributed by atoms with van der Waals surface area (Å²) < 4.78 is 5.04. The zero-order chi connectivity index (χ0) is 17.4. The first-order valence-electron chi connectivity index (χ1n) is 8.83. The van der Waals surface area contributed by atoms with E-state index in [2.05, 4.69) is 15.6 Å². The number of thioether (sulfide) groups is 1. The van der Waals surface area contributed by atoms with Crippen molar-refractivity contribution >= 4 is 47.8 Å². The van der Waals surface area contributed by atoms with Gasteiger partial charge in [-0.05, 0) is 38.9 Å². The Morgan fingerprint density at radius 1 is 1.40 bits per heavy atom. The summed E-state index contributed by atoms with van der Waals surface area (Å²) in [5, 5.41) is 17.1. The summed E-state index contributed by atoms with van der Waals surface area (Å²) in [6.45, 7) is 6.85. The van der Waals surface area contributed by atoms with Crippen molar-refractivity contribution in [3.05, 3.63) is 0 Å². The van der Waals surface area contributed by atoms with Gasteiger partial charge in [-0.25, -0.2) is 4.79 Å². The topological polar surface area (TPSA) is 86.2 Å². The number of carbonyl (C=O) groups is 1. The molecule has 7 nitrogen and oxygen atoms in total. The van der Waals surface area contributed by atoms with Crippen LogP contribution in [0.15, 0.2) is 4.99 Å². The number of aliphatic imine (C=N–C) groups is 1. The second-order valence-corrected chi connectivity index (χ2v) is 7.43. The molecular formula is C16H31IN4O3S. The monoisotopic (exact) mass is 486 g/mol. The minimum absolute atomic E-state index is 0. The highest BCUT2D eigenvalue weighted by Crippen LogP contribution is 2.27. The molecule has 3 N–H and O–H groups in total. The Bertz CT molecular complexity index is 439. The van der Waals surface area contributed by atoms with Crippen LogP contribution in [0.2, 0.25) is 0 Å². The van der Waals surface area contributed by atoms with E-state index in [-0.39, 0.29) is 36.1 Å². The van der Waals surface area contributed by atoms with Gasteiger partial charge in [0, 0.05) is 31.4 Å². The molecule has 1 unspecified atom stereocenters. The van der Waals surface area contributed by atoms with Crippen LogP contribution in [0.3, 0.4) is 0 Å². The average Bonchev–Trinajstić information content (AvgIpc) is 3.01. The van der Waals surface area contributed by atoms with E-state index in [0.29, 0.717) is 26.2 Å². The Balaban J connectivity index is 0.00000312. The molecule has 0 aromatic heterocycles. The zero-order valence-electron chi connectivity index (χ0n) is 15.1. The van der Waals surface area contributed by atoms with Crippen molar-refractivity contribution in [1.29, 1.82) is 0 Å². The van der Waals surface area contributed by atoms with Crippen LogP contribution < -0.4 is 10.6 Å². The molecule has 146 valence electrons. The third-order valence-electron chi connectivity index (χ3n) is 4.32. The first-order valence-corrected chi connectivity index (χ1v) is 9.98. The Hall–Kier alpha value is -0.420. The maximum atomic E-state index is 11.7. The van der Waals surface area contributed by atoms with Crippen molar-refractivity contribution in [1.82, 2.24) is 15.5 Å². The van der Waals surface area contributed by atoms with Crippen molar-refractivity contribution in [2.45, 2.75) is 44.8 Å². The van der Waals surface area contributed by atoms with E-state index in [9.17, 15) is 9.90 Å². The number of hydrogen-bond donors (Lipinski definition) is 3. The number of hydrogen-bond acceptors (Lipinski definition) is 5. The minimum atomic E-state index is -0.666. The molecule has 2 heterocycles. The molecule has 2 rings (SSSR count). The highest BCUT2D eigenvalue weighted by atomic mass is 127. The number of halogens is 1. The number of carbonyl (C=O) groups excluding carboxylic acids is 1. The lowest BCUT2D eigenvalue weighted by Gasteiger charge is -2.32. The fourth-order valence-electron chi connectivity index (χ4n) is 2.88. The Labute approximate surface area is 171 Å². The standard InChI is InChI=1S/C16H30N4O3S.HI/c1-3-17-14(18-11-16(22)7-10-24-12-16)19-13-5-8-20(9-6-13)15(21)23-4-2;/h13,22H,3-12H2,1-2H3,(H2,17,18,19);1H. The van der Waals surface area contributed by atoms with Gasteiger partial charge in [-0.3, -0.25) is 4.99 Å². The van der Waals surface area contributed by atoms with Gasteiger partial charge in [0.05, 0.1) is 18.8 Å². The van der Waals surface area contributed by atoms with E-state index in [1.807, 2.05) is 13.8 Å². The average molecular weight is 486 g/mol. The van der Waals surface area contributed by atoms with Crippen molar-refractivity contribution in [2.75, 3.05) is 44.3 Å². The predicted molar refractivity (Wildman–Crippen MR) is 113 cm³/mol. The molecule has 0 aliphatic carbocycles. The van der Waals surface area contributed by atoms with Crippen molar-refractivity contribution in [3.8, 4) is 0 Å². The maximum absolute atomic E-state index is 11.7. The number of nitrogens with one attached hydrogen (secondary N) is 2. The van der Waals surface area contributed by atoms with Crippen LogP contribution in [0.1, 0.15) is 33.1 Å². The Kier molecular flexibility index (Phi) is 10.2. The summed E-state index contributed by atoms with van der Waals surface area (Å²) >= 11 is 1.78. The van der Waals surface area contributed by atoms with E-state index in [1.54, 1.807) is 16.7 Å². The zero-order valence-corrected chi connectivity index (χ0v) is 18.3. The molecule has 1 atom stereocenters. The number of guanidine groups is 1. The van der Waals surface area contributed by atoms with E-state index < -0.39 is 5.60 Å². The summed E-state index contributed by atoms with van der Waals surface area (Å²) in [5.41, 5.74) is -0.666. The fraction of sp³-hybridized carbons (Fsp3) is 0.875. The van der Waals surface area contributed by atoms with Gasteiger partial charge in [-0.2, -0.15) is 11.8 Å². The number of nitrogens with zero attached hydrogens (tertiary/aromatic N) is 2. The number of rotatable bonds is 5. The van der Waals surface area contributed by atoms with Gasteiger partial charge in [-0.15, -0.1) is 24.0 Å². The normalized spacial score (nSPS) is 24.6. The molecule has 1 amide bonds. The number of ether oxygens (including phenoxy) is 1. The molecule has 9 heteroatoms. The van der Waals surface area contributed by atoms with Crippen LogP contribution >= 0.6 is 35.7 Å². The van der Waals surface area contributed by atoms with Gasteiger partial charge < -0.3 is 25.4 Å². The lowest BCUT2D eigenvalue weighted by Crippen LogP contribution is -2.50. The van der Waals surface area contributed by atoms with Crippen molar-refractivity contribution in [2.24, 2.45) is 4.99 Å². The molecule has 0 bridgehead atoms. The first kappa shape index (κ1) is 22.6. The molecule has 0 aromatic rings. The van der Waals surface area contributed by atoms with Crippen LogP contribution in [0.4, 0.5) is 4.79 Å². The van der Waals surface area contributed by atoms with E-state index in [0.717, 1.165) is 43.3 Å². The molecule has 0 saturated carbocycles. The minimum Gasteiger partial charge on any atom is -0.450 e. The number of piperidine rings is 1. The summed E-state index contributed by atoms with van der Waals surface area (Å²) in [7, 11) is 0. The predicted octanol–water partition coefficient (Wildman–Crippen LogP) is 1.65. The smallest absolute Gasteiger partial charge is 0.409 e. The van der Waals surface area contributed by atoms with E-state index in [1.165, 1.54) is 0 Å². The summed E-state index contributed by atoms with van der Waals surface area (Å²) in [6.07, 6.45) is 2.31. The van der Waals surface area contributed by atoms with E-state index >= 15 is 0 Å². The lowest BCUT2D eigenvalue weighted by atomic mass is 10.0. The van der Waals surface area contributed by atoms with Gasteiger partial charge in [0.1, 0.15) is 0 Å². The van der Waals surface area contributed by atoms with Crippen LogP contribution in [0, 0.1) is 0 Å². The molecule has 0 aromatic carbocycles. The third-order valence-corrected chi connectivity index (χ3v) is 5.55. The molecule has 0 spiro atoms. The quantitative estimate of drug-likeness (QED) is 0.311. The summed E-state index contributed by atoms with van der Waals surface area (Å²) in [4.78, 5) is 18.1. The Morgan fingerprint density at radius 3 is 2.68 bits per heavy atom. The first-order chi connectivity index (χ1) is 11.6. The molecule has 2 aliphatic rings. The van der Waals surface area contributed by atoms with Crippen LogP contribution in [-0.2, 0) is 4.74 Å². The van der Waals surface area contributed by atoms with Gasteiger partial charge in [0.25, 0.3) is 0 Å². The Morgan fingerprint density at radius 2 is 2.12 bits per heavy atom. The highest BCUT2D eigenvalue weighted by molar-refractivity contribution is 14.0. The summed E-state index contributed by atoms with van der Waals surface area (Å²) in [5.74, 6) is 2.51. The number of amides is 1. The molecular weight excluding hydrogens is 455 g/mol. The van der Waals surface area contributed by atoms with Gasteiger partial charge in [-0.1, -0.05) is 0 Å². The van der Waals surface area contributed by atoms with Gasteiger partial charge in [0.2, 0.25) is 0 Å². The van der Waals surface area contributed by atoms with Gasteiger partial charge in [0.15, 0.2) is 5.96 Å². The second kappa shape index (κ2) is 11.3. The highest BCUT2D eigenvalue weighted by Gasteiger charge is 2.31. The molecule has 2 saturated heterocycles. The lowest BCUT2D eigenvalue weighted by molar-refractivity contribution is 0.0776. The van der Waals surface area contributed by atoms with Crippen molar-refractivity contribution in [3.63, 3.8) is 0 Å². The molecule has 2 aliphatic heterocycles. The van der Waals surface area contributed by atoms with Crippen LogP contribution in [-0.4, -0.2) is 78.0 Å². The van der Waals surface area contributed by atoms with Crippen molar-refractivity contribution < 1.29 is 14.6 Å². The van der Waals surface area contributed by atoms with Gasteiger partial charge >= 0.3 is 6.09 Å². The molecule has 25 heavy (non-hydrogen) atoms. The van der Waals surface area contributed by atoms with Crippen LogP contribution in [0.25, 0.3) is 0 Å². The SMILES string of the molecule is CCNC(=NCC1(O)CCSC1)NC1CCN(C(=O)OCC)CC1.I. The summed E-state index contributed by atoms with van der Waals surface area (Å²) in [6, 6.07) is 0.279. The second-order valence-electron chi connectivity index (χ2n) is 6.33. The maximum Gasteiger partial charge on any atom is 0.409 e. The molecule has 2 fully saturated rings. The fourth-order valence-corrected chi connectivity index (χ4v) is 4.17. The number of aliphatic hydroxyl groups is 1. The largest absolute Gasteiger partial charge is 0.450 e. The third kappa shape index (κ3) is 7.38. The number of likely N-dealkylation sites (tertiary alicyclic amines) is 1. The molecule has 0 radical (unpaired) electrons. The van der Waals surface area contributed by atoms with Crippen LogP contribution in [0.5, 0.6) is 0 Å².